The van der Waals surface area contributed by atoms with Gasteiger partial charge in [-0.3, -0.25) is 9.58 Å². The van der Waals surface area contributed by atoms with Gasteiger partial charge >= 0.3 is 6.18 Å². The highest BCUT2D eigenvalue weighted by Gasteiger charge is 2.38. The van der Waals surface area contributed by atoms with Gasteiger partial charge in [-0.1, -0.05) is 11.6 Å². The lowest BCUT2D eigenvalue weighted by atomic mass is 10.2. The number of alkyl halides is 3. The molecule has 4 nitrogen and oxygen atoms in total. The summed E-state index contributed by atoms with van der Waals surface area (Å²) in [5.41, 5.74) is 1.33. The second-order valence-corrected chi connectivity index (χ2v) is 4.59. The number of aryl methyl sites for hydroxylation is 2. The van der Waals surface area contributed by atoms with Crippen molar-refractivity contribution < 1.29 is 18.3 Å². The van der Waals surface area contributed by atoms with E-state index in [9.17, 15) is 13.2 Å². The Hall–Kier alpha value is -0.790. The van der Waals surface area contributed by atoms with Crippen LogP contribution in [0, 0.1) is 6.92 Å². The van der Waals surface area contributed by atoms with E-state index in [-0.39, 0.29) is 6.54 Å². The highest BCUT2D eigenvalue weighted by molar-refractivity contribution is 6.30. The molecule has 104 valence electrons. The molecule has 8 heteroatoms. The van der Waals surface area contributed by atoms with Gasteiger partial charge in [0.2, 0.25) is 0 Å². The van der Waals surface area contributed by atoms with Crippen LogP contribution in [0.25, 0.3) is 0 Å². The molecule has 1 rings (SSSR count). The molecule has 18 heavy (non-hydrogen) atoms. The van der Waals surface area contributed by atoms with E-state index in [1.54, 1.807) is 14.0 Å². The van der Waals surface area contributed by atoms with Crippen LogP contribution in [-0.4, -0.2) is 45.7 Å². The molecule has 0 bridgehead atoms. The maximum Gasteiger partial charge on any atom is 0.415 e. The average molecular weight is 286 g/mol. The van der Waals surface area contributed by atoms with E-state index in [0.717, 1.165) is 0 Å². The zero-order valence-electron chi connectivity index (χ0n) is 10.3. The molecule has 0 aliphatic heterocycles. The second-order valence-electron chi connectivity index (χ2n) is 4.23. The van der Waals surface area contributed by atoms with E-state index in [1.165, 1.54) is 16.6 Å². The molecule has 0 radical (unpaired) electrons. The standard InChI is InChI=1S/C10H15ClF3N3O/c1-6-7(9(11)17(3)15-6)4-16(2)5-8(18)10(12,13)14/h8,18H,4-5H2,1-3H3. The third-order valence-electron chi connectivity index (χ3n) is 2.56. The van der Waals surface area contributed by atoms with Crippen molar-refractivity contribution in [1.82, 2.24) is 14.7 Å². The number of halogens is 4. The third-order valence-corrected chi connectivity index (χ3v) is 3.03. The Morgan fingerprint density at radius 2 is 2.06 bits per heavy atom. The number of rotatable bonds is 4. The SMILES string of the molecule is Cc1nn(C)c(Cl)c1CN(C)CC(O)C(F)(F)F. The Balaban J connectivity index is 2.68. The first-order chi connectivity index (χ1) is 8.12. The van der Waals surface area contributed by atoms with Gasteiger partial charge < -0.3 is 5.11 Å². The Morgan fingerprint density at radius 1 is 1.50 bits per heavy atom. The number of nitrogens with zero attached hydrogens (tertiary/aromatic N) is 3. The third kappa shape index (κ3) is 3.60. The molecular formula is C10H15ClF3N3O. The van der Waals surface area contributed by atoms with Crippen LogP contribution in [-0.2, 0) is 13.6 Å². The van der Waals surface area contributed by atoms with Crippen LogP contribution in [0.15, 0.2) is 0 Å². The molecule has 1 heterocycles. The van der Waals surface area contributed by atoms with Gasteiger partial charge in [-0.15, -0.1) is 0 Å². The number of likely N-dealkylation sites (N-methyl/N-ethyl adjacent to an activating group) is 1. The molecule has 0 saturated heterocycles. The summed E-state index contributed by atoms with van der Waals surface area (Å²) in [6.07, 6.45) is -6.97. The normalized spacial score (nSPS) is 14.3. The molecule has 1 N–H and O–H groups in total. The zero-order chi connectivity index (χ0) is 14.1. The van der Waals surface area contributed by atoms with Crippen molar-refractivity contribution in [3.05, 3.63) is 16.4 Å². The molecule has 1 atom stereocenters. The van der Waals surface area contributed by atoms with Crippen LogP contribution in [0.1, 0.15) is 11.3 Å². The maximum absolute atomic E-state index is 12.2. The first-order valence-corrected chi connectivity index (χ1v) is 5.62. The van der Waals surface area contributed by atoms with Crippen molar-refractivity contribution in [2.45, 2.75) is 25.7 Å². The quantitative estimate of drug-likeness (QED) is 0.916. The molecule has 0 aromatic carbocycles. The first kappa shape index (κ1) is 15.3. The van der Waals surface area contributed by atoms with Gasteiger partial charge in [-0.05, 0) is 14.0 Å². The first-order valence-electron chi connectivity index (χ1n) is 5.24. The van der Waals surface area contributed by atoms with E-state index in [1.807, 2.05) is 0 Å². The topological polar surface area (TPSA) is 41.3 Å². The zero-order valence-corrected chi connectivity index (χ0v) is 11.0. The van der Waals surface area contributed by atoms with Crippen molar-refractivity contribution in [2.75, 3.05) is 13.6 Å². The van der Waals surface area contributed by atoms with Crippen molar-refractivity contribution in [3.63, 3.8) is 0 Å². The van der Waals surface area contributed by atoms with Crippen LogP contribution in [0.5, 0.6) is 0 Å². The van der Waals surface area contributed by atoms with Gasteiger partial charge in [0, 0.05) is 25.7 Å². The number of hydrogen-bond donors (Lipinski definition) is 1. The van der Waals surface area contributed by atoms with E-state index >= 15 is 0 Å². The molecule has 1 aromatic rings. The van der Waals surface area contributed by atoms with E-state index < -0.39 is 18.8 Å². The van der Waals surface area contributed by atoms with Crippen molar-refractivity contribution in [3.8, 4) is 0 Å². The molecular weight excluding hydrogens is 271 g/mol. The molecule has 1 unspecified atom stereocenters. The summed E-state index contributed by atoms with van der Waals surface area (Å²) < 4.78 is 38.0. The predicted molar refractivity (Wildman–Crippen MR) is 61.4 cm³/mol. The van der Waals surface area contributed by atoms with E-state index in [2.05, 4.69) is 5.10 Å². The van der Waals surface area contributed by atoms with E-state index in [4.69, 9.17) is 16.7 Å². The predicted octanol–water partition coefficient (Wildman–Crippen LogP) is 1.74. The molecule has 0 aliphatic rings. The summed E-state index contributed by atoms with van der Waals surface area (Å²) in [6, 6.07) is 0. The summed E-state index contributed by atoms with van der Waals surface area (Å²) in [4.78, 5) is 1.36. The molecule has 0 fully saturated rings. The fourth-order valence-corrected chi connectivity index (χ4v) is 1.82. The Labute approximate surface area is 108 Å². The van der Waals surface area contributed by atoms with Gasteiger partial charge in [0.1, 0.15) is 5.15 Å². The number of aromatic nitrogens is 2. The lowest BCUT2D eigenvalue weighted by Crippen LogP contribution is -2.39. The van der Waals surface area contributed by atoms with Crippen LogP contribution in [0.2, 0.25) is 5.15 Å². The van der Waals surface area contributed by atoms with Crippen molar-refractivity contribution in [2.24, 2.45) is 7.05 Å². The van der Waals surface area contributed by atoms with Crippen molar-refractivity contribution in [1.29, 1.82) is 0 Å². The van der Waals surface area contributed by atoms with Gasteiger partial charge in [0.15, 0.2) is 6.10 Å². The summed E-state index contributed by atoms with van der Waals surface area (Å²) in [6.45, 7) is 1.43. The maximum atomic E-state index is 12.2. The lowest BCUT2D eigenvalue weighted by Gasteiger charge is -2.22. The molecule has 1 aromatic heterocycles. The van der Waals surface area contributed by atoms with Gasteiger partial charge in [0.05, 0.1) is 5.69 Å². The van der Waals surface area contributed by atoms with Gasteiger partial charge in [-0.25, -0.2) is 0 Å². The van der Waals surface area contributed by atoms with Crippen LogP contribution < -0.4 is 0 Å². The summed E-state index contributed by atoms with van der Waals surface area (Å²) in [7, 11) is 3.14. The summed E-state index contributed by atoms with van der Waals surface area (Å²) in [5, 5.41) is 13.4. The minimum Gasteiger partial charge on any atom is -0.382 e. The smallest absolute Gasteiger partial charge is 0.382 e. The monoisotopic (exact) mass is 285 g/mol. The fourth-order valence-electron chi connectivity index (χ4n) is 1.59. The van der Waals surface area contributed by atoms with Crippen LogP contribution in [0.4, 0.5) is 13.2 Å². The molecule has 0 spiro atoms. The largest absolute Gasteiger partial charge is 0.415 e. The van der Waals surface area contributed by atoms with Crippen molar-refractivity contribution >= 4 is 11.6 Å². The molecule has 0 aliphatic carbocycles. The van der Waals surface area contributed by atoms with Gasteiger partial charge in [-0.2, -0.15) is 18.3 Å². The van der Waals surface area contributed by atoms with Crippen LogP contribution in [0.3, 0.4) is 0 Å². The van der Waals surface area contributed by atoms with Gasteiger partial charge in [0.25, 0.3) is 0 Å². The fraction of sp³-hybridized carbons (Fsp3) is 0.700. The Bertz CT molecular complexity index is 419. The Kier molecular flexibility index (Phi) is 4.63. The highest BCUT2D eigenvalue weighted by atomic mass is 35.5. The average Bonchev–Trinajstić information content (AvgIpc) is 2.43. The number of aliphatic hydroxyl groups is 1. The number of aliphatic hydroxyl groups excluding tert-OH is 1. The summed E-state index contributed by atoms with van der Waals surface area (Å²) in [5.74, 6) is 0. The number of hydrogen-bond acceptors (Lipinski definition) is 3. The highest BCUT2D eigenvalue weighted by Crippen LogP contribution is 2.23. The summed E-state index contributed by atoms with van der Waals surface area (Å²) >= 11 is 5.97. The van der Waals surface area contributed by atoms with E-state index in [0.29, 0.717) is 16.4 Å². The Morgan fingerprint density at radius 3 is 2.44 bits per heavy atom. The lowest BCUT2D eigenvalue weighted by molar-refractivity contribution is -0.207. The minimum atomic E-state index is -4.61. The minimum absolute atomic E-state index is 0.200. The molecule has 0 amide bonds. The molecule has 0 saturated carbocycles. The van der Waals surface area contributed by atoms with Crippen LogP contribution >= 0.6 is 11.6 Å². The second kappa shape index (κ2) is 5.46.